The molecule has 0 bridgehead atoms. The summed E-state index contributed by atoms with van der Waals surface area (Å²) in [4.78, 5) is 28.4. The number of unbranched alkanes of at least 4 members (excludes halogenated alkanes) is 1. The predicted octanol–water partition coefficient (Wildman–Crippen LogP) is 2.28. The van der Waals surface area contributed by atoms with E-state index in [1.165, 1.54) is 0 Å². The molecule has 110 valence electrons. The lowest BCUT2D eigenvalue weighted by Gasteiger charge is -2.30. The molecule has 2 amide bonds. The number of hydrogen-bond donors (Lipinski definition) is 0. The summed E-state index contributed by atoms with van der Waals surface area (Å²) in [7, 11) is 0. The molecule has 0 aromatic carbocycles. The van der Waals surface area contributed by atoms with Crippen LogP contribution in [-0.2, 0) is 9.59 Å². The van der Waals surface area contributed by atoms with Crippen LogP contribution >= 0.6 is 0 Å². The molecule has 19 heavy (non-hydrogen) atoms. The van der Waals surface area contributed by atoms with Gasteiger partial charge in [-0.05, 0) is 26.2 Å². The summed E-state index contributed by atoms with van der Waals surface area (Å²) < 4.78 is 0. The van der Waals surface area contributed by atoms with E-state index in [4.69, 9.17) is 0 Å². The topological polar surface area (TPSA) is 40.6 Å². The normalized spacial score (nSPS) is 19.0. The van der Waals surface area contributed by atoms with Crippen molar-refractivity contribution in [1.82, 2.24) is 9.80 Å². The zero-order chi connectivity index (χ0) is 14.4. The molecule has 1 aliphatic rings. The van der Waals surface area contributed by atoms with Crippen molar-refractivity contribution in [3.8, 4) is 0 Å². The average molecular weight is 268 g/mol. The van der Waals surface area contributed by atoms with Crippen LogP contribution in [0.4, 0.5) is 0 Å². The first-order chi connectivity index (χ1) is 9.02. The molecule has 0 spiro atoms. The third-order valence-corrected chi connectivity index (χ3v) is 3.79. The van der Waals surface area contributed by atoms with E-state index in [1.54, 1.807) is 4.90 Å². The minimum absolute atomic E-state index is 0.0286. The van der Waals surface area contributed by atoms with Crippen LogP contribution in [0.25, 0.3) is 0 Å². The number of carbonyl (C=O) groups is 2. The Bertz CT molecular complexity index is 315. The number of nitrogens with zero attached hydrogens (tertiary/aromatic N) is 2. The smallest absolute Gasteiger partial charge is 0.245 e. The van der Waals surface area contributed by atoms with Crippen molar-refractivity contribution in [1.29, 1.82) is 0 Å². The average Bonchev–Trinajstić information content (AvgIpc) is 2.87. The van der Waals surface area contributed by atoms with Gasteiger partial charge in [-0.3, -0.25) is 9.59 Å². The third kappa shape index (κ3) is 3.95. The number of rotatable bonds is 6. The number of likely N-dealkylation sites (N-methyl/N-ethyl adjacent to an activating group) is 1. The summed E-state index contributed by atoms with van der Waals surface area (Å²) in [6.45, 7) is 10.2. The fourth-order valence-electron chi connectivity index (χ4n) is 2.60. The maximum atomic E-state index is 12.6. The Kier molecular flexibility index (Phi) is 6.32. The first kappa shape index (κ1) is 16.0. The molecule has 1 aliphatic heterocycles. The van der Waals surface area contributed by atoms with E-state index in [2.05, 4.69) is 6.92 Å². The van der Waals surface area contributed by atoms with Gasteiger partial charge in [0.25, 0.3) is 0 Å². The molecule has 0 aromatic heterocycles. The molecule has 0 saturated carbocycles. The molecule has 0 aliphatic carbocycles. The minimum Gasteiger partial charge on any atom is -0.341 e. The fourth-order valence-corrected chi connectivity index (χ4v) is 2.60. The SMILES string of the molecule is CCCCN(CC)C(=O)C1CCCN1C(=O)C(C)C. The van der Waals surface area contributed by atoms with E-state index < -0.39 is 0 Å². The summed E-state index contributed by atoms with van der Waals surface area (Å²) in [5, 5.41) is 0. The van der Waals surface area contributed by atoms with E-state index in [0.29, 0.717) is 0 Å². The van der Waals surface area contributed by atoms with Crippen molar-refractivity contribution in [3.05, 3.63) is 0 Å². The van der Waals surface area contributed by atoms with E-state index in [9.17, 15) is 9.59 Å². The zero-order valence-corrected chi connectivity index (χ0v) is 12.8. The zero-order valence-electron chi connectivity index (χ0n) is 12.8. The molecule has 1 heterocycles. The maximum Gasteiger partial charge on any atom is 0.245 e. The molecule has 1 fully saturated rings. The molecule has 1 rings (SSSR count). The molecule has 4 heteroatoms. The predicted molar refractivity (Wildman–Crippen MR) is 76.7 cm³/mol. The number of carbonyl (C=O) groups excluding carboxylic acids is 2. The van der Waals surface area contributed by atoms with Crippen LogP contribution in [0.15, 0.2) is 0 Å². The van der Waals surface area contributed by atoms with Crippen molar-refractivity contribution in [2.24, 2.45) is 5.92 Å². The van der Waals surface area contributed by atoms with Gasteiger partial charge in [0, 0.05) is 25.6 Å². The molecule has 1 unspecified atom stereocenters. The van der Waals surface area contributed by atoms with Crippen molar-refractivity contribution in [3.63, 3.8) is 0 Å². The van der Waals surface area contributed by atoms with E-state index >= 15 is 0 Å². The number of amides is 2. The molecular formula is C15H28N2O2. The molecule has 0 aromatic rings. The Labute approximate surface area is 117 Å². The van der Waals surface area contributed by atoms with Crippen LogP contribution in [0, 0.1) is 5.92 Å². The van der Waals surface area contributed by atoms with Crippen LogP contribution in [0.5, 0.6) is 0 Å². The van der Waals surface area contributed by atoms with Crippen LogP contribution in [0.2, 0.25) is 0 Å². The lowest BCUT2D eigenvalue weighted by Crippen LogP contribution is -2.49. The first-order valence-corrected chi connectivity index (χ1v) is 7.62. The van der Waals surface area contributed by atoms with Gasteiger partial charge in [-0.25, -0.2) is 0 Å². The molecule has 0 radical (unpaired) electrons. The van der Waals surface area contributed by atoms with Crippen LogP contribution in [0.3, 0.4) is 0 Å². The Hall–Kier alpha value is -1.06. The van der Waals surface area contributed by atoms with Crippen molar-refractivity contribution in [2.75, 3.05) is 19.6 Å². The molecular weight excluding hydrogens is 240 g/mol. The van der Waals surface area contributed by atoms with Gasteiger partial charge in [-0.2, -0.15) is 0 Å². The second-order valence-electron chi connectivity index (χ2n) is 5.62. The van der Waals surface area contributed by atoms with E-state index in [1.807, 2.05) is 25.7 Å². The monoisotopic (exact) mass is 268 g/mol. The Balaban J connectivity index is 2.70. The van der Waals surface area contributed by atoms with E-state index in [0.717, 1.165) is 45.3 Å². The van der Waals surface area contributed by atoms with Crippen molar-refractivity contribution in [2.45, 2.75) is 59.4 Å². The highest BCUT2D eigenvalue weighted by Gasteiger charge is 2.36. The standard InChI is InChI=1S/C15H28N2O2/c1-5-7-10-16(6-2)15(19)13-9-8-11-17(13)14(18)12(3)4/h12-13H,5-11H2,1-4H3. The highest BCUT2D eigenvalue weighted by Crippen LogP contribution is 2.21. The molecule has 1 atom stereocenters. The highest BCUT2D eigenvalue weighted by molar-refractivity contribution is 5.88. The van der Waals surface area contributed by atoms with Gasteiger partial charge in [0.15, 0.2) is 0 Å². The number of likely N-dealkylation sites (tertiary alicyclic amines) is 1. The minimum atomic E-state index is -0.216. The van der Waals surface area contributed by atoms with Gasteiger partial charge in [0.1, 0.15) is 6.04 Å². The fraction of sp³-hybridized carbons (Fsp3) is 0.867. The quantitative estimate of drug-likeness (QED) is 0.741. The van der Waals surface area contributed by atoms with Gasteiger partial charge in [-0.1, -0.05) is 27.2 Å². The van der Waals surface area contributed by atoms with Crippen molar-refractivity contribution >= 4 is 11.8 Å². The molecule has 4 nitrogen and oxygen atoms in total. The lowest BCUT2D eigenvalue weighted by atomic mass is 10.1. The van der Waals surface area contributed by atoms with Crippen LogP contribution < -0.4 is 0 Å². The largest absolute Gasteiger partial charge is 0.341 e. The summed E-state index contributed by atoms with van der Waals surface area (Å²) in [5.41, 5.74) is 0. The van der Waals surface area contributed by atoms with Gasteiger partial charge in [0.2, 0.25) is 11.8 Å². The molecule has 1 saturated heterocycles. The Morgan fingerprint density at radius 3 is 2.53 bits per heavy atom. The van der Waals surface area contributed by atoms with E-state index in [-0.39, 0.29) is 23.8 Å². The van der Waals surface area contributed by atoms with Gasteiger partial charge < -0.3 is 9.80 Å². The van der Waals surface area contributed by atoms with Gasteiger partial charge >= 0.3 is 0 Å². The van der Waals surface area contributed by atoms with Crippen molar-refractivity contribution < 1.29 is 9.59 Å². The summed E-state index contributed by atoms with van der Waals surface area (Å²) >= 11 is 0. The third-order valence-electron chi connectivity index (χ3n) is 3.79. The van der Waals surface area contributed by atoms with Gasteiger partial charge in [0.05, 0.1) is 0 Å². The maximum absolute atomic E-state index is 12.6. The molecule has 0 N–H and O–H groups in total. The first-order valence-electron chi connectivity index (χ1n) is 7.62. The second-order valence-corrected chi connectivity index (χ2v) is 5.62. The van der Waals surface area contributed by atoms with Crippen LogP contribution in [0.1, 0.15) is 53.4 Å². The summed E-state index contributed by atoms with van der Waals surface area (Å²) in [6, 6.07) is -0.216. The Morgan fingerprint density at radius 2 is 2.00 bits per heavy atom. The second kappa shape index (κ2) is 7.51. The summed E-state index contributed by atoms with van der Waals surface area (Å²) in [5.74, 6) is 0.226. The van der Waals surface area contributed by atoms with Crippen LogP contribution in [-0.4, -0.2) is 47.3 Å². The van der Waals surface area contributed by atoms with Gasteiger partial charge in [-0.15, -0.1) is 0 Å². The summed E-state index contributed by atoms with van der Waals surface area (Å²) in [6.07, 6.45) is 3.88. The highest BCUT2D eigenvalue weighted by atomic mass is 16.2. The number of hydrogen-bond acceptors (Lipinski definition) is 2. The lowest BCUT2D eigenvalue weighted by molar-refractivity contribution is -0.145. The Morgan fingerprint density at radius 1 is 1.32 bits per heavy atom.